The lowest BCUT2D eigenvalue weighted by molar-refractivity contribution is -0.115. The van der Waals surface area contributed by atoms with E-state index in [-0.39, 0.29) is 5.91 Å². The van der Waals surface area contributed by atoms with Crippen LogP contribution >= 0.6 is 34.4 Å². The van der Waals surface area contributed by atoms with Crippen LogP contribution in [0.15, 0.2) is 40.1 Å². The quantitative estimate of drug-likeness (QED) is 0.463. The summed E-state index contributed by atoms with van der Waals surface area (Å²) in [6.45, 7) is 1.76. The lowest BCUT2D eigenvalue weighted by Gasteiger charge is -2.09. The smallest absolute Gasteiger partial charge is 0.251 e. The highest BCUT2D eigenvalue weighted by Crippen LogP contribution is 2.32. The van der Waals surface area contributed by atoms with Gasteiger partial charge in [-0.3, -0.25) is 9.59 Å². The van der Waals surface area contributed by atoms with Gasteiger partial charge in [-0.15, -0.1) is 21.5 Å². The van der Waals surface area contributed by atoms with Crippen molar-refractivity contribution in [2.75, 3.05) is 17.7 Å². The number of thioether (sulfide) groups is 1. The van der Waals surface area contributed by atoms with Crippen LogP contribution < -0.4 is 21.1 Å². The summed E-state index contributed by atoms with van der Waals surface area (Å²) >= 11 is 3.88. The average molecular weight is 436 g/mol. The highest BCUT2D eigenvalue weighted by atomic mass is 32.2. The van der Waals surface area contributed by atoms with Gasteiger partial charge in [0, 0.05) is 5.69 Å². The number of anilines is 3. The lowest BCUT2D eigenvalue weighted by Crippen LogP contribution is -2.23. The molecule has 1 atom stereocenters. The predicted molar refractivity (Wildman–Crippen MR) is 113 cm³/mol. The van der Waals surface area contributed by atoms with E-state index in [0.717, 1.165) is 11.4 Å². The minimum absolute atomic E-state index is 0.241. The molecule has 0 spiro atoms. The number of aromatic nitrogens is 2. The molecular weight excluding hydrogens is 418 g/mol. The van der Waals surface area contributed by atoms with Gasteiger partial charge in [-0.05, 0) is 42.6 Å². The first-order valence-corrected chi connectivity index (χ1v) is 10.6. The van der Waals surface area contributed by atoms with Crippen LogP contribution in [0.1, 0.15) is 17.3 Å². The van der Waals surface area contributed by atoms with E-state index in [0.29, 0.717) is 20.0 Å². The Balaban J connectivity index is 1.58. The fourth-order valence-electron chi connectivity index (χ4n) is 2.12. The molecule has 2 amide bonds. The highest BCUT2D eigenvalue weighted by Gasteiger charge is 2.20. The van der Waals surface area contributed by atoms with Crippen LogP contribution in [0.5, 0.6) is 5.75 Å². The molecule has 8 nitrogen and oxygen atoms in total. The number of thiophene rings is 1. The number of rotatable bonds is 8. The maximum Gasteiger partial charge on any atom is 0.251 e. The van der Waals surface area contributed by atoms with Gasteiger partial charge in [0.25, 0.3) is 5.91 Å². The van der Waals surface area contributed by atoms with Crippen LogP contribution in [-0.4, -0.2) is 34.4 Å². The second kappa shape index (κ2) is 9.04. The fraction of sp³-hybridized carbons (Fsp3) is 0.176. The van der Waals surface area contributed by atoms with E-state index in [1.807, 2.05) is 24.3 Å². The molecule has 3 rings (SSSR count). The summed E-state index contributed by atoms with van der Waals surface area (Å²) in [5.74, 6) is -0.0471. The predicted octanol–water partition coefficient (Wildman–Crippen LogP) is 3.57. The molecule has 0 aliphatic rings. The van der Waals surface area contributed by atoms with Crippen molar-refractivity contribution in [3.63, 3.8) is 0 Å². The minimum Gasteiger partial charge on any atom is -0.497 e. The van der Waals surface area contributed by atoms with Crippen molar-refractivity contribution in [1.29, 1.82) is 0 Å². The van der Waals surface area contributed by atoms with Crippen LogP contribution in [0, 0.1) is 0 Å². The number of hydrogen-bond acceptors (Lipinski definition) is 9. The Morgan fingerprint density at radius 3 is 2.64 bits per heavy atom. The van der Waals surface area contributed by atoms with Crippen molar-refractivity contribution >= 4 is 62.1 Å². The number of carbonyl (C=O) groups excluding carboxylic acids is 2. The van der Waals surface area contributed by atoms with Crippen LogP contribution in [0.4, 0.5) is 15.8 Å². The molecule has 0 aliphatic heterocycles. The summed E-state index contributed by atoms with van der Waals surface area (Å²) in [6.07, 6.45) is 0. The zero-order chi connectivity index (χ0) is 20.1. The number of hydrogen-bond donors (Lipinski definition) is 3. The van der Waals surface area contributed by atoms with E-state index >= 15 is 0 Å². The van der Waals surface area contributed by atoms with Crippen LogP contribution in [-0.2, 0) is 4.79 Å². The number of benzene rings is 1. The molecule has 2 aromatic heterocycles. The van der Waals surface area contributed by atoms with Crippen molar-refractivity contribution in [3.05, 3.63) is 41.3 Å². The van der Waals surface area contributed by atoms with Gasteiger partial charge in [0.1, 0.15) is 10.8 Å². The van der Waals surface area contributed by atoms with Crippen LogP contribution in [0.25, 0.3) is 0 Å². The van der Waals surface area contributed by atoms with Gasteiger partial charge in [-0.1, -0.05) is 23.1 Å². The second-order valence-corrected chi connectivity index (χ2v) is 8.99. The average Bonchev–Trinajstić information content (AvgIpc) is 3.31. The number of nitrogens with zero attached hydrogens (tertiary/aromatic N) is 2. The molecule has 0 bridgehead atoms. The molecule has 28 heavy (non-hydrogen) atoms. The Labute approximate surface area is 173 Å². The Hall–Kier alpha value is -2.63. The molecule has 1 aromatic carbocycles. The third-order valence-electron chi connectivity index (χ3n) is 3.56. The first kappa shape index (κ1) is 20.1. The molecule has 11 heteroatoms. The molecular formula is C17H17N5O3S3. The Bertz CT molecular complexity index is 971. The summed E-state index contributed by atoms with van der Waals surface area (Å²) in [5, 5.41) is 16.4. The number of nitrogens with one attached hydrogen (secondary N) is 2. The van der Waals surface area contributed by atoms with Gasteiger partial charge in [0.05, 0.1) is 17.9 Å². The van der Waals surface area contributed by atoms with Crippen molar-refractivity contribution in [2.45, 2.75) is 16.5 Å². The van der Waals surface area contributed by atoms with E-state index in [1.165, 1.54) is 34.4 Å². The number of nitrogens with two attached hydrogens (primary N) is 1. The third-order valence-corrected chi connectivity index (χ3v) is 6.41. The fourth-order valence-corrected chi connectivity index (χ4v) is 4.84. The molecule has 4 N–H and O–H groups in total. The topological polar surface area (TPSA) is 119 Å². The monoisotopic (exact) mass is 435 g/mol. The molecule has 146 valence electrons. The van der Waals surface area contributed by atoms with Crippen molar-refractivity contribution < 1.29 is 14.3 Å². The minimum atomic E-state index is -0.574. The van der Waals surface area contributed by atoms with E-state index in [1.54, 1.807) is 25.5 Å². The second-order valence-electron chi connectivity index (χ2n) is 5.50. The van der Waals surface area contributed by atoms with E-state index in [4.69, 9.17) is 10.5 Å². The summed E-state index contributed by atoms with van der Waals surface area (Å²) in [4.78, 5) is 23.8. The van der Waals surface area contributed by atoms with Crippen LogP contribution in [0.3, 0.4) is 0 Å². The molecule has 3 aromatic rings. The molecule has 0 saturated carbocycles. The van der Waals surface area contributed by atoms with E-state index < -0.39 is 11.2 Å². The van der Waals surface area contributed by atoms with E-state index in [2.05, 4.69) is 20.8 Å². The molecule has 1 unspecified atom stereocenters. The Morgan fingerprint density at radius 2 is 1.96 bits per heavy atom. The zero-order valence-electron chi connectivity index (χ0n) is 15.0. The van der Waals surface area contributed by atoms with Crippen molar-refractivity contribution in [3.8, 4) is 5.75 Å². The first-order chi connectivity index (χ1) is 13.5. The number of ether oxygens (including phenoxy) is 1. The molecule has 0 fully saturated rings. The van der Waals surface area contributed by atoms with Crippen LogP contribution in [0.2, 0.25) is 0 Å². The Morgan fingerprint density at radius 1 is 1.21 bits per heavy atom. The largest absolute Gasteiger partial charge is 0.497 e. The first-order valence-electron chi connectivity index (χ1n) is 8.05. The number of methoxy groups -OCH3 is 1. The molecule has 0 radical (unpaired) electrons. The lowest BCUT2D eigenvalue weighted by atomic mass is 10.3. The highest BCUT2D eigenvalue weighted by molar-refractivity contribution is 8.02. The van der Waals surface area contributed by atoms with Crippen molar-refractivity contribution in [1.82, 2.24) is 10.2 Å². The van der Waals surface area contributed by atoms with Gasteiger partial charge >= 0.3 is 0 Å². The molecule has 0 aliphatic carbocycles. The number of amides is 2. The van der Waals surface area contributed by atoms with Gasteiger partial charge in [0.2, 0.25) is 11.0 Å². The normalized spacial score (nSPS) is 11.6. The van der Waals surface area contributed by atoms with Crippen molar-refractivity contribution in [2.24, 2.45) is 5.73 Å². The standard InChI is InChI=1S/C17H17N5O3S3/c1-9(14(24)20-15-12(13(18)23)7-8-26-15)27-17-22-21-16(28-17)19-10-3-5-11(25-2)6-4-10/h3-9H,1-2H3,(H2,18,23)(H,19,21)(H,20,24). The number of carbonyl (C=O) groups is 2. The summed E-state index contributed by atoms with van der Waals surface area (Å²) in [6, 6.07) is 9.02. The SMILES string of the molecule is COc1ccc(Nc2nnc(SC(C)C(=O)Nc3sccc3C(N)=O)s2)cc1. The summed E-state index contributed by atoms with van der Waals surface area (Å²) in [5.41, 5.74) is 6.46. The summed E-state index contributed by atoms with van der Waals surface area (Å²) < 4.78 is 5.78. The maximum absolute atomic E-state index is 12.4. The molecule has 0 saturated heterocycles. The zero-order valence-corrected chi connectivity index (χ0v) is 17.4. The maximum atomic E-state index is 12.4. The number of primary amides is 1. The third kappa shape index (κ3) is 5.00. The molecule has 2 heterocycles. The van der Waals surface area contributed by atoms with Gasteiger partial charge in [-0.25, -0.2) is 0 Å². The Kier molecular flexibility index (Phi) is 6.49. The summed E-state index contributed by atoms with van der Waals surface area (Å²) in [7, 11) is 1.61. The van der Waals surface area contributed by atoms with Gasteiger partial charge < -0.3 is 21.1 Å². The van der Waals surface area contributed by atoms with E-state index in [9.17, 15) is 9.59 Å². The van der Waals surface area contributed by atoms with Gasteiger partial charge in [0.15, 0.2) is 4.34 Å². The van der Waals surface area contributed by atoms with Gasteiger partial charge in [-0.2, -0.15) is 0 Å².